The Labute approximate surface area is 80.3 Å². The van der Waals surface area contributed by atoms with Crippen molar-refractivity contribution in [2.24, 2.45) is 0 Å². The molecule has 76 valence electrons. The summed E-state index contributed by atoms with van der Waals surface area (Å²) >= 11 is 0. The van der Waals surface area contributed by atoms with Gasteiger partial charge in [-0.15, -0.1) is 6.58 Å². The molecule has 1 aliphatic heterocycles. The maximum atomic E-state index is 5.63. The fourth-order valence-corrected chi connectivity index (χ4v) is 1.65. The summed E-state index contributed by atoms with van der Waals surface area (Å²) in [7, 11) is 1.70. The van der Waals surface area contributed by atoms with Crippen LogP contribution in [0.15, 0.2) is 12.7 Å². The van der Waals surface area contributed by atoms with Gasteiger partial charge in [0.25, 0.3) is 0 Å². The summed E-state index contributed by atoms with van der Waals surface area (Å²) in [6.45, 7) is 10.3. The zero-order valence-corrected chi connectivity index (χ0v) is 8.75. The van der Waals surface area contributed by atoms with Crippen LogP contribution in [0.2, 0.25) is 0 Å². The fourth-order valence-electron chi connectivity index (χ4n) is 1.65. The minimum Gasteiger partial charge on any atom is -0.381 e. The van der Waals surface area contributed by atoms with Crippen LogP contribution in [0.25, 0.3) is 0 Å². The van der Waals surface area contributed by atoms with E-state index in [0.717, 1.165) is 13.2 Å². The lowest BCUT2D eigenvalue weighted by atomic mass is 10.1. The van der Waals surface area contributed by atoms with Crippen molar-refractivity contribution in [3.05, 3.63) is 12.7 Å². The van der Waals surface area contributed by atoms with Crippen molar-refractivity contribution >= 4 is 0 Å². The molecular formula is C10H19NO2. The Kier molecular flexibility index (Phi) is 3.47. The first-order valence-corrected chi connectivity index (χ1v) is 4.60. The van der Waals surface area contributed by atoms with E-state index in [9.17, 15) is 0 Å². The molecule has 0 amide bonds. The van der Waals surface area contributed by atoms with Gasteiger partial charge in [0.15, 0.2) is 0 Å². The highest BCUT2D eigenvalue weighted by Crippen LogP contribution is 2.26. The van der Waals surface area contributed by atoms with Crippen molar-refractivity contribution in [3.8, 4) is 0 Å². The third kappa shape index (κ3) is 2.30. The highest BCUT2D eigenvalue weighted by molar-refractivity contribution is 4.92. The van der Waals surface area contributed by atoms with E-state index in [-0.39, 0.29) is 11.8 Å². The SMILES string of the molecule is C=CCN1C(COC)OCC1(C)C. The van der Waals surface area contributed by atoms with Gasteiger partial charge in [-0.3, -0.25) is 4.90 Å². The summed E-state index contributed by atoms with van der Waals surface area (Å²) in [6.07, 6.45) is 1.98. The van der Waals surface area contributed by atoms with Gasteiger partial charge in [0.2, 0.25) is 0 Å². The Hall–Kier alpha value is -0.380. The molecule has 1 aliphatic rings. The van der Waals surface area contributed by atoms with Crippen LogP contribution < -0.4 is 0 Å². The first-order chi connectivity index (χ1) is 6.11. The molecule has 1 atom stereocenters. The van der Waals surface area contributed by atoms with E-state index in [0.29, 0.717) is 6.61 Å². The molecule has 0 bridgehead atoms. The molecule has 1 rings (SSSR count). The molecule has 1 saturated heterocycles. The van der Waals surface area contributed by atoms with Gasteiger partial charge in [-0.25, -0.2) is 0 Å². The first kappa shape index (κ1) is 10.7. The van der Waals surface area contributed by atoms with Crippen LogP contribution in [-0.2, 0) is 9.47 Å². The smallest absolute Gasteiger partial charge is 0.135 e. The second-order valence-corrected chi connectivity index (χ2v) is 3.97. The van der Waals surface area contributed by atoms with Crippen LogP contribution in [0.4, 0.5) is 0 Å². The summed E-state index contributed by atoms with van der Waals surface area (Å²) < 4.78 is 10.7. The topological polar surface area (TPSA) is 21.7 Å². The third-order valence-electron chi connectivity index (χ3n) is 2.39. The zero-order chi connectivity index (χ0) is 9.90. The molecule has 1 unspecified atom stereocenters. The van der Waals surface area contributed by atoms with Crippen molar-refractivity contribution in [3.63, 3.8) is 0 Å². The van der Waals surface area contributed by atoms with Crippen molar-refractivity contribution in [1.82, 2.24) is 4.90 Å². The lowest BCUT2D eigenvalue weighted by Crippen LogP contribution is -2.45. The number of hydrogen-bond donors (Lipinski definition) is 0. The number of hydrogen-bond acceptors (Lipinski definition) is 3. The zero-order valence-electron chi connectivity index (χ0n) is 8.75. The fraction of sp³-hybridized carbons (Fsp3) is 0.800. The third-order valence-corrected chi connectivity index (χ3v) is 2.39. The summed E-state index contributed by atoms with van der Waals surface area (Å²) in [5, 5.41) is 0. The van der Waals surface area contributed by atoms with E-state index in [1.54, 1.807) is 7.11 Å². The highest BCUT2D eigenvalue weighted by Gasteiger charge is 2.39. The molecule has 0 N–H and O–H groups in total. The molecule has 1 heterocycles. The predicted molar refractivity (Wildman–Crippen MR) is 52.6 cm³/mol. The van der Waals surface area contributed by atoms with Gasteiger partial charge in [-0.2, -0.15) is 0 Å². The second-order valence-electron chi connectivity index (χ2n) is 3.97. The standard InChI is InChI=1S/C10H19NO2/c1-5-6-11-9(7-12-4)13-8-10(11,2)3/h5,9H,1,6-8H2,2-4H3. The monoisotopic (exact) mass is 185 g/mol. The minimum absolute atomic E-state index is 0.0815. The predicted octanol–water partition coefficient (Wildman–Crippen LogP) is 1.26. The quantitative estimate of drug-likeness (QED) is 0.615. The van der Waals surface area contributed by atoms with Crippen molar-refractivity contribution in [1.29, 1.82) is 0 Å². The largest absolute Gasteiger partial charge is 0.381 e. The molecule has 0 spiro atoms. The Balaban J connectivity index is 2.61. The van der Waals surface area contributed by atoms with Crippen molar-refractivity contribution in [2.45, 2.75) is 25.6 Å². The van der Waals surface area contributed by atoms with Crippen LogP contribution in [-0.4, -0.2) is 43.5 Å². The maximum absolute atomic E-state index is 5.63. The average Bonchev–Trinajstić information content (AvgIpc) is 2.33. The van der Waals surface area contributed by atoms with Crippen LogP contribution in [0.1, 0.15) is 13.8 Å². The molecule has 0 aromatic rings. The Morgan fingerprint density at radius 2 is 2.38 bits per heavy atom. The van der Waals surface area contributed by atoms with Crippen LogP contribution in [0, 0.1) is 0 Å². The number of rotatable bonds is 4. The van der Waals surface area contributed by atoms with Crippen LogP contribution in [0.5, 0.6) is 0 Å². The number of ether oxygens (including phenoxy) is 2. The Morgan fingerprint density at radius 3 is 2.92 bits per heavy atom. The van der Waals surface area contributed by atoms with E-state index < -0.39 is 0 Å². The van der Waals surface area contributed by atoms with Crippen molar-refractivity contribution < 1.29 is 9.47 Å². The molecule has 3 nitrogen and oxygen atoms in total. The van der Waals surface area contributed by atoms with Crippen molar-refractivity contribution in [2.75, 3.05) is 26.9 Å². The number of methoxy groups -OCH3 is 1. The van der Waals surface area contributed by atoms with E-state index in [1.807, 2.05) is 6.08 Å². The van der Waals surface area contributed by atoms with Gasteiger partial charge in [0.1, 0.15) is 6.23 Å². The molecule has 0 aromatic heterocycles. The second kappa shape index (κ2) is 4.22. The minimum atomic E-state index is 0.0815. The van der Waals surface area contributed by atoms with E-state index >= 15 is 0 Å². The molecule has 1 fully saturated rings. The summed E-state index contributed by atoms with van der Waals surface area (Å²) in [6, 6.07) is 0. The lowest BCUT2D eigenvalue weighted by Gasteiger charge is -2.31. The van der Waals surface area contributed by atoms with Gasteiger partial charge in [0, 0.05) is 19.2 Å². The Morgan fingerprint density at radius 1 is 1.69 bits per heavy atom. The summed E-state index contributed by atoms with van der Waals surface area (Å²) in [5.74, 6) is 0. The molecular weight excluding hydrogens is 166 g/mol. The Bertz CT molecular complexity index is 180. The van der Waals surface area contributed by atoms with Crippen LogP contribution >= 0.6 is 0 Å². The molecule has 0 radical (unpaired) electrons. The van der Waals surface area contributed by atoms with Gasteiger partial charge < -0.3 is 9.47 Å². The molecule has 0 aliphatic carbocycles. The lowest BCUT2D eigenvalue weighted by molar-refractivity contribution is -0.0260. The van der Waals surface area contributed by atoms with Gasteiger partial charge in [0.05, 0.1) is 13.2 Å². The normalized spacial score (nSPS) is 27.8. The van der Waals surface area contributed by atoms with Gasteiger partial charge in [-0.05, 0) is 13.8 Å². The summed E-state index contributed by atoms with van der Waals surface area (Å²) in [4.78, 5) is 2.27. The van der Waals surface area contributed by atoms with Gasteiger partial charge >= 0.3 is 0 Å². The number of nitrogens with zero attached hydrogens (tertiary/aromatic N) is 1. The molecule has 13 heavy (non-hydrogen) atoms. The van der Waals surface area contributed by atoms with E-state index in [2.05, 4.69) is 25.3 Å². The van der Waals surface area contributed by atoms with Gasteiger partial charge in [-0.1, -0.05) is 6.08 Å². The molecule has 0 aromatic carbocycles. The highest BCUT2D eigenvalue weighted by atomic mass is 16.5. The van der Waals surface area contributed by atoms with E-state index in [4.69, 9.17) is 9.47 Å². The average molecular weight is 185 g/mol. The molecule has 3 heteroatoms. The summed E-state index contributed by atoms with van der Waals surface area (Å²) in [5.41, 5.74) is 0.0946. The molecule has 0 saturated carbocycles. The van der Waals surface area contributed by atoms with Crippen LogP contribution in [0.3, 0.4) is 0 Å². The van der Waals surface area contributed by atoms with E-state index in [1.165, 1.54) is 0 Å². The first-order valence-electron chi connectivity index (χ1n) is 4.60. The maximum Gasteiger partial charge on any atom is 0.135 e.